The summed E-state index contributed by atoms with van der Waals surface area (Å²) in [5.74, 6) is -0.193. The summed E-state index contributed by atoms with van der Waals surface area (Å²) in [6.45, 7) is 0. The first-order valence-electron chi connectivity index (χ1n) is 5.84. The van der Waals surface area contributed by atoms with Crippen molar-refractivity contribution in [3.63, 3.8) is 0 Å². The largest absolute Gasteiger partial charge is 0.292 e. The number of nitrogens with one attached hydrogen (secondary N) is 1. The zero-order valence-corrected chi connectivity index (χ0v) is 11.1. The molecule has 0 fully saturated rings. The van der Waals surface area contributed by atoms with E-state index in [9.17, 15) is 4.79 Å². The molecular weight excluding hydrogens is 274 g/mol. The Bertz CT molecular complexity index is 799. The molecule has 0 bridgehead atoms. The number of amides is 1. The van der Waals surface area contributed by atoms with Gasteiger partial charge in [-0.3, -0.25) is 10.1 Å². The molecule has 2 aromatic heterocycles. The van der Waals surface area contributed by atoms with Gasteiger partial charge in [-0.15, -0.1) is 16.4 Å². The number of thiazole rings is 1. The van der Waals surface area contributed by atoms with Crippen LogP contribution in [0.1, 0.15) is 6.42 Å². The smallest absolute Gasteiger partial charge is 0.250 e. The fraction of sp³-hybridized carbons (Fsp3) is 0.0769. The Kier molecular flexibility index (Phi) is 3.15. The fourth-order valence-corrected chi connectivity index (χ4v) is 2.61. The minimum Gasteiger partial charge on any atom is -0.292 e. The molecule has 1 aromatic carbocycles. The molecule has 0 aliphatic carbocycles. The summed E-state index contributed by atoms with van der Waals surface area (Å²) in [7, 11) is 0. The van der Waals surface area contributed by atoms with Gasteiger partial charge in [0, 0.05) is 10.9 Å². The molecule has 1 N–H and O–H groups in total. The molecule has 20 heavy (non-hydrogen) atoms. The predicted octanol–water partition coefficient (Wildman–Crippen LogP) is 2.31. The SMILES string of the molecule is N#CCC(=O)Nc1nc2scc(-c3ccccc3)n2n1. The second-order valence-electron chi connectivity index (χ2n) is 4.00. The Balaban J connectivity index is 1.95. The Hall–Kier alpha value is -2.72. The van der Waals surface area contributed by atoms with Gasteiger partial charge >= 0.3 is 0 Å². The maximum atomic E-state index is 11.3. The van der Waals surface area contributed by atoms with Gasteiger partial charge in [0.25, 0.3) is 0 Å². The molecule has 0 aliphatic rings. The summed E-state index contributed by atoms with van der Waals surface area (Å²) in [5, 5.41) is 17.2. The zero-order chi connectivity index (χ0) is 13.9. The second-order valence-corrected chi connectivity index (χ2v) is 4.84. The standard InChI is InChI=1S/C13H9N5OS/c14-7-6-11(19)15-12-16-13-18(17-12)10(8-20-13)9-4-2-1-3-5-9/h1-5,8H,6H2,(H,15,17,19). The third-order valence-corrected chi connectivity index (χ3v) is 3.46. The highest BCUT2D eigenvalue weighted by Crippen LogP contribution is 2.25. The van der Waals surface area contributed by atoms with E-state index in [1.807, 2.05) is 35.7 Å². The van der Waals surface area contributed by atoms with Gasteiger partial charge in [0.2, 0.25) is 16.8 Å². The number of aromatic nitrogens is 3. The summed E-state index contributed by atoms with van der Waals surface area (Å²) in [6.07, 6.45) is -0.210. The zero-order valence-electron chi connectivity index (χ0n) is 10.3. The van der Waals surface area contributed by atoms with Crippen molar-refractivity contribution in [2.45, 2.75) is 6.42 Å². The summed E-state index contributed by atoms with van der Waals surface area (Å²) < 4.78 is 1.68. The third-order valence-electron chi connectivity index (χ3n) is 2.64. The van der Waals surface area contributed by atoms with E-state index in [4.69, 9.17) is 5.26 Å². The number of fused-ring (bicyclic) bond motifs is 1. The van der Waals surface area contributed by atoms with Crippen LogP contribution in [0.25, 0.3) is 16.2 Å². The van der Waals surface area contributed by atoms with E-state index in [2.05, 4.69) is 15.4 Å². The van der Waals surface area contributed by atoms with Crippen LogP contribution in [0.4, 0.5) is 5.95 Å². The number of rotatable bonds is 3. The molecule has 6 nitrogen and oxygen atoms in total. The number of benzene rings is 1. The van der Waals surface area contributed by atoms with E-state index in [0.717, 1.165) is 11.3 Å². The van der Waals surface area contributed by atoms with E-state index in [1.165, 1.54) is 11.3 Å². The van der Waals surface area contributed by atoms with Gasteiger partial charge in [0.1, 0.15) is 6.42 Å². The highest BCUT2D eigenvalue weighted by Gasteiger charge is 2.12. The first kappa shape index (κ1) is 12.3. The first-order chi connectivity index (χ1) is 9.78. The van der Waals surface area contributed by atoms with Gasteiger partial charge in [-0.2, -0.15) is 10.2 Å². The van der Waals surface area contributed by atoms with Crippen molar-refractivity contribution in [3.8, 4) is 17.3 Å². The number of carbonyl (C=O) groups is 1. The number of nitriles is 1. The van der Waals surface area contributed by atoms with Crippen LogP contribution in [0.15, 0.2) is 35.7 Å². The van der Waals surface area contributed by atoms with Crippen molar-refractivity contribution in [1.82, 2.24) is 14.6 Å². The summed E-state index contributed by atoms with van der Waals surface area (Å²) >= 11 is 1.44. The monoisotopic (exact) mass is 283 g/mol. The molecule has 3 rings (SSSR count). The average Bonchev–Trinajstić information content (AvgIpc) is 2.99. The molecule has 0 aliphatic heterocycles. The lowest BCUT2D eigenvalue weighted by Crippen LogP contribution is -2.11. The summed E-state index contributed by atoms with van der Waals surface area (Å²) in [6, 6.07) is 11.6. The lowest BCUT2D eigenvalue weighted by Gasteiger charge is -1.97. The summed E-state index contributed by atoms with van der Waals surface area (Å²) in [5.41, 5.74) is 1.94. The van der Waals surface area contributed by atoms with Crippen molar-refractivity contribution in [2.24, 2.45) is 0 Å². The van der Waals surface area contributed by atoms with E-state index < -0.39 is 5.91 Å². The van der Waals surface area contributed by atoms with Crippen LogP contribution in [0, 0.1) is 11.3 Å². The number of hydrogen-bond donors (Lipinski definition) is 1. The van der Waals surface area contributed by atoms with Gasteiger partial charge in [0.15, 0.2) is 0 Å². The number of anilines is 1. The van der Waals surface area contributed by atoms with Crippen LogP contribution in [0.2, 0.25) is 0 Å². The molecule has 1 amide bonds. The highest BCUT2D eigenvalue weighted by atomic mass is 32.1. The predicted molar refractivity (Wildman–Crippen MR) is 75.2 cm³/mol. The minimum atomic E-state index is -0.410. The maximum Gasteiger partial charge on any atom is 0.250 e. The number of carbonyl (C=O) groups excluding carboxylic acids is 1. The van der Waals surface area contributed by atoms with Crippen LogP contribution in [0.5, 0.6) is 0 Å². The molecule has 7 heteroatoms. The Labute approximate surface area is 118 Å². The van der Waals surface area contributed by atoms with Gasteiger partial charge < -0.3 is 0 Å². The molecule has 98 valence electrons. The molecule has 0 atom stereocenters. The quantitative estimate of drug-likeness (QED) is 0.799. The van der Waals surface area contributed by atoms with Crippen molar-refractivity contribution < 1.29 is 4.79 Å². The van der Waals surface area contributed by atoms with E-state index in [-0.39, 0.29) is 12.4 Å². The highest BCUT2D eigenvalue weighted by molar-refractivity contribution is 7.15. The minimum absolute atomic E-state index is 0.210. The van der Waals surface area contributed by atoms with Gasteiger partial charge in [-0.1, -0.05) is 30.3 Å². The fourth-order valence-electron chi connectivity index (χ4n) is 1.78. The normalized spacial score (nSPS) is 10.3. The average molecular weight is 283 g/mol. The van der Waals surface area contributed by atoms with Crippen LogP contribution in [-0.2, 0) is 4.79 Å². The van der Waals surface area contributed by atoms with Crippen LogP contribution in [0.3, 0.4) is 0 Å². The van der Waals surface area contributed by atoms with Crippen LogP contribution >= 0.6 is 11.3 Å². The lowest BCUT2D eigenvalue weighted by atomic mass is 10.2. The van der Waals surface area contributed by atoms with Gasteiger partial charge in [-0.25, -0.2) is 4.52 Å². The molecule has 2 heterocycles. The molecule has 0 radical (unpaired) electrons. The molecule has 0 saturated carbocycles. The van der Waals surface area contributed by atoms with E-state index in [1.54, 1.807) is 10.6 Å². The number of hydrogen-bond acceptors (Lipinski definition) is 5. The second kappa shape index (κ2) is 5.11. The molecule has 0 spiro atoms. The number of nitrogens with zero attached hydrogens (tertiary/aromatic N) is 4. The Morgan fingerprint density at radius 2 is 2.20 bits per heavy atom. The van der Waals surface area contributed by atoms with Crippen molar-refractivity contribution >= 4 is 28.2 Å². The van der Waals surface area contributed by atoms with Crippen LogP contribution < -0.4 is 5.32 Å². The van der Waals surface area contributed by atoms with Crippen LogP contribution in [-0.4, -0.2) is 20.5 Å². The Morgan fingerprint density at radius 3 is 2.95 bits per heavy atom. The van der Waals surface area contributed by atoms with Gasteiger partial charge in [-0.05, 0) is 0 Å². The lowest BCUT2D eigenvalue weighted by molar-refractivity contribution is -0.115. The van der Waals surface area contributed by atoms with Crippen molar-refractivity contribution in [2.75, 3.05) is 5.32 Å². The maximum absolute atomic E-state index is 11.3. The van der Waals surface area contributed by atoms with E-state index >= 15 is 0 Å². The molecule has 3 aromatic rings. The van der Waals surface area contributed by atoms with E-state index in [0.29, 0.717) is 4.96 Å². The van der Waals surface area contributed by atoms with Gasteiger partial charge in [0.05, 0.1) is 11.8 Å². The van der Waals surface area contributed by atoms with Crippen molar-refractivity contribution in [1.29, 1.82) is 5.26 Å². The third kappa shape index (κ3) is 2.24. The van der Waals surface area contributed by atoms with Crippen molar-refractivity contribution in [3.05, 3.63) is 35.7 Å². The Morgan fingerprint density at radius 1 is 1.40 bits per heavy atom. The summed E-state index contributed by atoms with van der Waals surface area (Å²) in [4.78, 5) is 16.2. The topological polar surface area (TPSA) is 83.1 Å². The first-order valence-corrected chi connectivity index (χ1v) is 6.72. The molecular formula is C13H9N5OS. The molecule has 0 saturated heterocycles. The molecule has 0 unspecified atom stereocenters.